The number of carbonyl (C=O) groups excluding carboxylic acids is 2. The van der Waals surface area contributed by atoms with E-state index in [2.05, 4.69) is 0 Å². The molecular formula is C16H9ClF3NO2. The van der Waals surface area contributed by atoms with Gasteiger partial charge in [0.2, 0.25) is 0 Å². The zero-order chi connectivity index (χ0) is 16.9. The molecule has 0 radical (unpaired) electrons. The number of amides is 2. The highest BCUT2D eigenvalue weighted by molar-refractivity contribution is 6.35. The molecule has 7 heteroatoms. The van der Waals surface area contributed by atoms with Crippen molar-refractivity contribution in [2.75, 3.05) is 4.90 Å². The Labute approximate surface area is 134 Å². The lowest BCUT2D eigenvalue weighted by Gasteiger charge is -2.17. The Morgan fingerprint density at radius 2 is 1.61 bits per heavy atom. The number of hydrogen-bond donors (Lipinski definition) is 0. The maximum atomic E-state index is 13.0. The van der Waals surface area contributed by atoms with E-state index in [4.69, 9.17) is 11.6 Å². The summed E-state index contributed by atoms with van der Waals surface area (Å²) in [4.78, 5) is 25.5. The second kappa shape index (κ2) is 5.09. The molecule has 1 heterocycles. The number of imide groups is 1. The van der Waals surface area contributed by atoms with E-state index in [0.29, 0.717) is 6.07 Å². The predicted octanol–water partition coefficient (Wildman–Crippen LogP) is 4.47. The van der Waals surface area contributed by atoms with Gasteiger partial charge in [0, 0.05) is 0 Å². The van der Waals surface area contributed by atoms with Crippen LogP contribution in [0, 0.1) is 6.92 Å². The Morgan fingerprint density at radius 1 is 0.957 bits per heavy atom. The average Bonchev–Trinajstić information content (AvgIpc) is 2.70. The lowest BCUT2D eigenvalue weighted by Crippen LogP contribution is -2.29. The fourth-order valence-corrected chi connectivity index (χ4v) is 2.68. The van der Waals surface area contributed by atoms with Gasteiger partial charge in [0.25, 0.3) is 11.8 Å². The van der Waals surface area contributed by atoms with E-state index < -0.39 is 28.6 Å². The Bertz CT molecular complexity index is 846. The number of nitrogens with zero attached hydrogens (tertiary/aromatic N) is 1. The Kier molecular flexibility index (Phi) is 3.44. The summed E-state index contributed by atoms with van der Waals surface area (Å²) in [6.07, 6.45) is -4.68. The van der Waals surface area contributed by atoms with Crippen LogP contribution in [0.3, 0.4) is 0 Å². The molecule has 0 spiro atoms. The summed E-state index contributed by atoms with van der Waals surface area (Å²) >= 11 is 5.56. The van der Waals surface area contributed by atoms with Crippen LogP contribution < -0.4 is 4.90 Å². The highest BCUT2D eigenvalue weighted by Gasteiger charge is 2.39. The van der Waals surface area contributed by atoms with Crippen molar-refractivity contribution >= 4 is 29.1 Å². The van der Waals surface area contributed by atoms with Gasteiger partial charge in [-0.3, -0.25) is 9.59 Å². The molecule has 2 aromatic carbocycles. The molecular weight excluding hydrogens is 331 g/mol. The Balaban J connectivity index is 2.11. The molecule has 23 heavy (non-hydrogen) atoms. The number of carbonyl (C=O) groups is 2. The zero-order valence-corrected chi connectivity index (χ0v) is 12.5. The lowest BCUT2D eigenvalue weighted by atomic mass is 10.1. The minimum atomic E-state index is -4.68. The number of aryl methyl sites for hydroxylation is 1. The van der Waals surface area contributed by atoms with Crippen LogP contribution in [0.2, 0.25) is 5.02 Å². The first-order valence-electron chi connectivity index (χ1n) is 6.56. The second-order valence-electron chi connectivity index (χ2n) is 5.16. The van der Waals surface area contributed by atoms with Crippen molar-refractivity contribution in [1.29, 1.82) is 0 Å². The van der Waals surface area contributed by atoms with Crippen LogP contribution in [-0.4, -0.2) is 11.8 Å². The summed E-state index contributed by atoms with van der Waals surface area (Å²) in [7, 11) is 0. The predicted molar refractivity (Wildman–Crippen MR) is 78.8 cm³/mol. The van der Waals surface area contributed by atoms with Gasteiger partial charge in [-0.15, -0.1) is 0 Å². The van der Waals surface area contributed by atoms with E-state index in [0.717, 1.165) is 16.5 Å². The molecule has 3 nitrogen and oxygen atoms in total. The molecule has 1 aliphatic heterocycles. The molecule has 0 aliphatic carbocycles. The van der Waals surface area contributed by atoms with Crippen LogP contribution in [0.15, 0.2) is 36.4 Å². The molecule has 2 amide bonds. The van der Waals surface area contributed by atoms with E-state index in [1.807, 2.05) is 0 Å². The van der Waals surface area contributed by atoms with E-state index in [1.54, 1.807) is 13.0 Å². The summed E-state index contributed by atoms with van der Waals surface area (Å²) in [6.45, 7) is 1.75. The third-order valence-corrected chi connectivity index (χ3v) is 3.89. The van der Waals surface area contributed by atoms with Crippen LogP contribution in [0.25, 0.3) is 0 Å². The summed E-state index contributed by atoms with van der Waals surface area (Å²) in [5.74, 6) is -1.30. The molecule has 0 saturated carbocycles. The van der Waals surface area contributed by atoms with Crippen LogP contribution in [0.5, 0.6) is 0 Å². The van der Waals surface area contributed by atoms with E-state index in [-0.39, 0.29) is 16.8 Å². The maximum absolute atomic E-state index is 13.0. The molecule has 0 atom stereocenters. The molecule has 1 aliphatic rings. The molecule has 118 valence electrons. The van der Waals surface area contributed by atoms with Gasteiger partial charge in [-0.05, 0) is 37.3 Å². The minimum Gasteiger partial charge on any atom is -0.268 e. The molecule has 0 unspecified atom stereocenters. The summed E-state index contributed by atoms with van der Waals surface area (Å²) in [6, 6.07) is 7.63. The highest BCUT2D eigenvalue weighted by Crippen LogP contribution is 2.38. The van der Waals surface area contributed by atoms with Crippen LogP contribution in [-0.2, 0) is 6.18 Å². The van der Waals surface area contributed by atoms with Crippen molar-refractivity contribution in [3.63, 3.8) is 0 Å². The largest absolute Gasteiger partial charge is 0.417 e. The molecule has 0 aromatic heterocycles. The Morgan fingerprint density at radius 3 is 2.26 bits per heavy atom. The molecule has 3 rings (SSSR count). The minimum absolute atomic E-state index is 0.162. The van der Waals surface area contributed by atoms with Gasteiger partial charge < -0.3 is 0 Å². The first-order chi connectivity index (χ1) is 10.7. The molecule has 0 N–H and O–H groups in total. The van der Waals surface area contributed by atoms with Crippen LogP contribution >= 0.6 is 11.6 Å². The van der Waals surface area contributed by atoms with Crippen molar-refractivity contribution in [3.8, 4) is 0 Å². The van der Waals surface area contributed by atoms with E-state index in [9.17, 15) is 22.8 Å². The van der Waals surface area contributed by atoms with E-state index in [1.165, 1.54) is 18.2 Å². The standard InChI is InChI=1S/C16H9ClF3NO2/c1-8-2-4-10-11(6-8)15(23)21(14(10)22)9-3-5-13(17)12(7-9)16(18,19)20/h2-7H,1H3. The number of hydrogen-bond acceptors (Lipinski definition) is 2. The SMILES string of the molecule is Cc1ccc2c(c1)C(=O)N(c1ccc(Cl)c(C(F)(F)F)c1)C2=O. The number of halogens is 4. The first-order valence-corrected chi connectivity index (χ1v) is 6.94. The maximum Gasteiger partial charge on any atom is 0.417 e. The van der Waals surface area contributed by atoms with Gasteiger partial charge in [0.15, 0.2) is 0 Å². The van der Waals surface area contributed by atoms with Gasteiger partial charge in [0.05, 0.1) is 27.4 Å². The van der Waals surface area contributed by atoms with Crippen molar-refractivity contribution in [3.05, 3.63) is 63.7 Å². The fourth-order valence-electron chi connectivity index (χ4n) is 2.46. The molecule has 0 bridgehead atoms. The first kappa shape index (κ1) is 15.6. The van der Waals surface area contributed by atoms with Crippen molar-refractivity contribution in [2.45, 2.75) is 13.1 Å². The molecule has 2 aromatic rings. The van der Waals surface area contributed by atoms with Crippen molar-refractivity contribution in [1.82, 2.24) is 0 Å². The quantitative estimate of drug-likeness (QED) is 0.719. The fraction of sp³-hybridized carbons (Fsp3) is 0.125. The monoisotopic (exact) mass is 339 g/mol. The number of alkyl halides is 3. The third-order valence-electron chi connectivity index (χ3n) is 3.56. The van der Waals surface area contributed by atoms with Crippen LogP contribution in [0.1, 0.15) is 31.8 Å². The summed E-state index contributed by atoms with van der Waals surface area (Å²) in [5, 5.41) is -0.492. The Hall–Kier alpha value is -2.34. The van der Waals surface area contributed by atoms with Gasteiger partial charge in [-0.25, -0.2) is 4.90 Å². The topological polar surface area (TPSA) is 37.4 Å². The van der Waals surface area contributed by atoms with Gasteiger partial charge in [-0.2, -0.15) is 13.2 Å². The number of fused-ring (bicyclic) bond motifs is 1. The number of anilines is 1. The zero-order valence-electron chi connectivity index (χ0n) is 11.7. The third kappa shape index (κ3) is 2.49. The van der Waals surface area contributed by atoms with Gasteiger partial charge in [-0.1, -0.05) is 23.2 Å². The highest BCUT2D eigenvalue weighted by atomic mass is 35.5. The number of benzene rings is 2. The second-order valence-corrected chi connectivity index (χ2v) is 5.56. The van der Waals surface area contributed by atoms with Gasteiger partial charge in [0.1, 0.15) is 0 Å². The van der Waals surface area contributed by atoms with Crippen LogP contribution in [0.4, 0.5) is 18.9 Å². The molecule has 0 fully saturated rings. The lowest BCUT2D eigenvalue weighted by molar-refractivity contribution is -0.137. The van der Waals surface area contributed by atoms with Crippen molar-refractivity contribution < 1.29 is 22.8 Å². The van der Waals surface area contributed by atoms with Gasteiger partial charge >= 0.3 is 6.18 Å². The number of rotatable bonds is 1. The average molecular weight is 340 g/mol. The smallest absolute Gasteiger partial charge is 0.268 e. The van der Waals surface area contributed by atoms with E-state index >= 15 is 0 Å². The van der Waals surface area contributed by atoms with Crippen molar-refractivity contribution in [2.24, 2.45) is 0 Å². The summed E-state index contributed by atoms with van der Waals surface area (Å²) < 4.78 is 38.9. The molecule has 0 saturated heterocycles. The normalized spacial score (nSPS) is 14.4. The summed E-state index contributed by atoms with van der Waals surface area (Å²) in [5.41, 5.74) is -0.128.